The summed E-state index contributed by atoms with van der Waals surface area (Å²) in [5.74, 6) is -0.616. The Morgan fingerprint density at radius 2 is 1.51 bits per heavy atom. The Balaban J connectivity index is 1.09. The van der Waals surface area contributed by atoms with Crippen molar-refractivity contribution >= 4 is 66.1 Å². The van der Waals surface area contributed by atoms with Gasteiger partial charge in [-0.2, -0.15) is 13.2 Å². The van der Waals surface area contributed by atoms with Gasteiger partial charge in [-0.3, -0.25) is 14.6 Å². The van der Waals surface area contributed by atoms with Gasteiger partial charge in [-0.1, -0.05) is 61.4 Å². The molecule has 1 N–H and O–H groups in total. The summed E-state index contributed by atoms with van der Waals surface area (Å²) in [6.45, 7) is 16.8. The lowest BCUT2D eigenvalue weighted by atomic mass is 9.73. The van der Waals surface area contributed by atoms with E-state index in [1.54, 1.807) is 37.8 Å². The van der Waals surface area contributed by atoms with Crippen molar-refractivity contribution in [2.24, 2.45) is 5.41 Å². The fourth-order valence-corrected chi connectivity index (χ4v) is 12.6. The molecule has 0 radical (unpaired) electrons. The third kappa shape index (κ3) is 13.3. The topological polar surface area (TPSA) is 120 Å². The van der Waals surface area contributed by atoms with Gasteiger partial charge >= 0.3 is 5.51 Å². The Labute approximate surface area is 415 Å². The maximum Gasteiger partial charge on any atom is 0.501 e. The van der Waals surface area contributed by atoms with Crippen LogP contribution in [0.3, 0.4) is 0 Å². The van der Waals surface area contributed by atoms with Gasteiger partial charge < -0.3 is 14.5 Å². The first-order chi connectivity index (χ1) is 32.5. The third-order valence-corrected chi connectivity index (χ3v) is 17.4. The molecule has 4 aromatic carbocycles. The highest BCUT2D eigenvalue weighted by Gasteiger charge is 2.49. The quantitative estimate of drug-likeness (QED) is 0.108. The minimum atomic E-state index is -5.99. The monoisotopic (exact) mass is 1030 g/mol. The standard InChI is InChI=1S/C51H63ClF3N5O6S3/c1-49(2,3)60(42(22-24-57-29-31-66-32-30-57)36-67-43-9-7-6-8-10-43)46-33-44(19-20-47(46)68(62,63)51(53,54)55)69(64,65)56-48(61)38-13-17-41(18-14-38)59-27-25-58(26-28-59)35-39-34-50(4,5)23-21-45(39)37-11-15-40(52)16-12-37/h6-20,33,42H,21-32,34-36H2,1-5H3,(H,56,61)/t42-/m1/s1. The number of benzene rings is 4. The van der Waals surface area contributed by atoms with E-state index < -0.39 is 58.3 Å². The van der Waals surface area contributed by atoms with Gasteiger partial charge in [-0.05, 0) is 130 Å². The van der Waals surface area contributed by atoms with Gasteiger partial charge in [-0.25, -0.2) is 21.6 Å². The van der Waals surface area contributed by atoms with Crippen LogP contribution in [0.4, 0.5) is 24.5 Å². The third-order valence-electron chi connectivity index (χ3n) is 13.1. The molecule has 69 heavy (non-hydrogen) atoms. The molecule has 0 bridgehead atoms. The fourth-order valence-electron chi connectivity index (χ4n) is 9.52. The second kappa shape index (κ2) is 21.7. The van der Waals surface area contributed by atoms with E-state index in [1.165, 1.54) is 40.6 Å². The molecule has 0 aromatic heterocycles. The lowest BCUT2D eigenvalue weighted by Gasteiger charge is -2.45. The van der Waals surface area contributed by atoms with E-state index in [-0.39, 0.29) is 11.0 Å². The number of allylic oxidation sites excluding steroid dienone is 1. The summed E-state index contributed by atoms with van der Waals surface area (Å²) in [5, 5.41) is 0.718. The highest BCUT2D eigenvalue weighted by molar-refractivity contribution is 7.99. The van der Waals surface area contributed by atoms with Gasteiger partial charge in [0.15, 0.2) is 0 Å². The highest BCUT2D eigenvalue weighted by atomic mass is 35.5. The van der Waals surface area contributed by atoms with Crippen LogP contribution in [0.25, 0.3) is 5.57 Å². The van der Waals surface area contributed by atoms with Gasteiger partial charge in [0.05, 0.1) is 28.7 Å². The molecule has 2 saturated heterocycles. The van der Waals surface area contributed by atoms with Gasteiger partial charge in [-0.15, -0.1) is 11.8 Å². The summed E-state index contributed by atoms with van der Waals surface area (Å²) in [7, 11) is -10.7. The molecule has 0 spiro atoms. The molecule has 0 saturated carbocycles. The molecule has 1 atom stereocenters. The second-order valence-corrected chi connectivity index (χ2v) is 24.9. The molecule has 3 aliphatic rings. The first-order valence-electron chi connectivity index (χ1n) is 23.3. The number of nitrogens with zero attached hydrogens (tertiary/aromatic N) is 4. The number of rotatable bonds is 16. The van der Waals surface area contributed by atoms with Crippen molar-refractivity contribution in [1.82, 2.24) is 14.5 Å². The first-order valence-corrected chi connectivity index (χ1v) is 27.7. The van der Waals surface area contributed by atoms with Gasteiger partial charge in [0.1, 0.15) is 0 Å². The zero-order chi connectivity index (χ0) is 49.8. The van der Waals surface area contributed by atoms with E-state index in [0.717, 1.165) is 79.7 Å². The normalized spacial score (nSPS) is 18.2. The van der Waals surface area contributed by atoms with Crippen molar-refractivity contribution in [1.29, 1.82) is 0 Å². The van der Waals surface area contributed by atoms with Crippen LogP contribution >= 0.6 is 23.4 Å². The van der Waals surface area contributed by atoms with Gasteiger partial charge in [0.25, 0.3) is 25.8 Å². The van der Waals surface area contributed by atoms with Crippen LogP contribution in [-0.4, -0.2) is 121 Å². The summed E-state index contributed by atoms with van der Waals surface area (Å²) in [6, 6.07) is 26.0. The second-order valence-electron chi connectivity index (χ2n) is 19.8. The van der Waals surface area contributed by atoms with Gasteiger partial charge in [0.2, 0.25) is 0 Å². The maximum absolute atomic E-state index is 14.5. The number of carbonyl (C=O) groups excluding carboxylic acids is 1. The molecule has 0 unspecified atom stereocenters. The van der Waals surface area contributed by atoms with Crippen LogP contribution < -0.4 is 14.5 Å². The number of thioether (sulfide) groups is 1. The van der Waals surface area contributed by atoms with Crippen LogP contribution in [0.5, 0.6) is 0 Å². The Kier molecular flexibility index (Phi) is 16.6. The average molecular weight is 1030 g/mol. The summed E-state index contributed by atoms with van der Waals surface area (Å²) in [4.78, 5) is 21.4. The number of morpholine rings is 1. The number of piperazine rings is 1. The van der Waals surface area contributed by atoms with Crippen molar-refractivity contribution in [2.75, 3.05) is 81.1 Å². The molecule has 18 heteroatoms. The maximum atomic E-state index is 14.5. The number of alkyl halides is 3. The Bertz CT molecular complexity index is 2670. The number of amides is 1. The number of sulfone groups is 1. The number of anilines is 2. The molecule has 4 aromatic rings. The van der Waals surface area contributed by atoms with E-state index in [1.807, 2.05) is 42.5 Å². The number of carbonyl (C=O) groups is 1. The van der Waals surface area contributed by atoms with E-state index in [0.29, 0.717) is 51.1 Å². The zero-order valence-electron chi connectivity index (χ0n) is 39.9. The van der Waals surface area contributed by atoms with Crippen molar-refractivity contribution in [3.63, 3.8) is 0 Å². The van der Waals surface area contributed by atoms with Crippen LogP contribution in [0, 0.1) is 5.41 Å². The van der Waals surface area contributed by atoms with E-state index >= 15 is 0 Å². The molecular formula is C51H63ClF3N5O6S3. The number of hydrogen-bond donors (Lipinski definition) is 1. The summed E-state index contributed by atoms with van der Waals surface area (Å²) >= 11 is 7.67. The molecule has 1 aliphatic carbocycles. The SMILES string of the molecule is CC1(C)CCC(c2ccc(Cl)cc2)=C(CN2CCN(c3ccc(C(=O)NS(=O)(=O)c4ccc(S(=O)(=O)C(F)(F)F)c(N([C@H](CCN5CCOCC5)CSc5ccccc5)C(C)(C)C)c4)cc3)CC2)C1. The lowest BCUT2D eigenvalue weighted by molar-refractivity contribution is -0.0436. The van der Waals surface area contributed by atoms with Crippen molar-refractivity contribution < 1.29 is 39.5 Å². The van der Waals surface area contributed by atoms with Crippen LogP contribution in [0.1, 0.15) is 76.2 Å². The van der Waals surface area contributed by atoms with Crippen LogP contribution in [0.2, 0.25) is 5.02 Å². The Morgan fingerprint density at radius 3 is 2.13 bits per heavy atom. The number of halogens is 4. The van der Waals surface area contributed by atoms with Crippen LogP contribution in [-0.2, 0) is 24.6 Å². The first kappa shape index (κ1) is 52.7. The summed E-state index contributed by atoms with van der Waals surface area (Å²) in [6.07, 6.45) is 3.57. The molecule has 11 nitrogen and oxygen atoms in total. The summed E-state index contributed by atoms with van der Waals surface area (Å²) in [5.41, 5.74) is -1.91. The average Bonchev–Trinajstić information content (AvgIpc) is 3.30. The fraction of sp³-hybridized carbons (Fsp3) is 0.471. The van der Waals surface area contributed by atoms with E-state index in [9.17, 15) is 34.8 Å². The zero-order valence-corrected chi connectivity index (χ0v) is 43.1. The minimum Gasteiger partial charge on any atom is -0.379 e. The van der Waals surface area contributed by atoms with Gasteiger partial charge in [0, 0.05) is 90.9 Å². The smallest absolute Gasteiger partial charge is 0.379 e. The molecule has 2 fully saturated rings. The largest absolute Gasteiger partial charge is 0.501 e. The molecule has 2 aliphatic heterocycles. The van der Waals surface area contributed by atoms with Crippen molar-refractivity contribution in [3.05, 3.63) is 119 Å². The van der Waals surface area contributed by atoms with E-state index in [4.69, 9.17) is 16.3 Å². The Hall–Kier alpha value is -4.10. The highest BCUT2D eigenvalue weighted by Crippen LogP contribution is 2.44. The predicted octanol–water partition coefficient (Wildman–Crippen LogP) is 10.0. The number of hydrogen-bond acceptors (Lipinski definition) is 11. The number of sulfonamides is 1. The lowest BCUT2D eigenvalue weighted by Crippen LogP contribution is -2.52. The Morgan fingerprint density at radius 1 is 0.855 bits per heavy atom. The molecule has 374 valence electrons. The van der Waals surface area contributed by atoms with Crippen molar-refractivity contribution in [2.45, 2.75) is 92.1 Å². The summed E-state index contributed by atoms with van der Waals surface area (Å²) < 4.78 is 106. The predicted molar refractivity (Wildman–Crippen MR) is 270 cm³/mol. The van der Waals surface area contributed by atoms with E-state index in [2.05, 4.69) is 45.4 Å². The van der Waals surface area contributed by atoms with Crippen LogP contribution in [0.15, 0.2) is 117 Å². The molecule has 1 amide bonds. The molecular weight excluding hydrogens is 967 g/mol. The number of ether oxygens (including phenoxy) is 1. The molecule has 2 heterocycles. The van der Waals surface area contributed by atoms with Crippen molar-refractivity contribution in [3.8, 4) is 0 Å². The minimum absolute atomic E-state index is 0.0523. The number of nitrogens with one attached hydrogen (secondary N) is 1. The molecule has 7 rings (SSSR count).